The molecule has 0 bridgehead atoms. The summed E-state index contributed by atoms with van der Waals surface area (Å²) >= 11 is 0. The topological polar surface area (TPSA) is 0 Å². The van der Waals surface area contributed by atoms with Crippen LogP contribution in [-0.2, 0) is 0 Å². The predicted octanol–water partition coefficient (Wildman–Crippen LogP) is 7.10. The van der Waals surface area contributed by atoms with Gasteiger partial charge in [0, 0.05) is 0 Å². The van der Waals surface area contributed by atoms with Crippen molar-refractivity contribution in [2.75, 3.05) is 0 Å². The molecule has 0 amide bonds. The number of hydrogen-bond acceptors (Lipinski definition) is 0. The zero-order valence-electron chi connectivity index (χ0n) is 13.5. The van der Waals surface area contributed by atoms with Crippen molar-refractivity contribution in [3.63, 3.8) is 0 Å². The minimum atomic E-state index is 1.25. The van der Waals surface area contributed by atoms with E-state index in [1.54, 1.807) is 0 Å². The van der Waals surface area contributed by atoms with E-state index in [2.05, 4.69) is 54.7 Å². The second kappa shape index (κ2) is 297. The molecule has 0 aromatic heterocycles. The van der Waals surface area contributed by atoms with Gasteiger partial charge in [-0.05, 0) is 0 Å². The van der Waals surface area contributed by atoms with Gasteiger partial charge in [-0.25, -0.2) is 0 Å². The van der Waals surface area contributed by atoms with Crippen molar-refractivity contribution < 1.29 is 0 Å². The lowest BCUT2D eigenvalue weighted by molar-refractivity contribution is 1.09. The highest BCUT2D eigenvalue weighted by Crippen LogP contribution is 1.56. The fourth-order valence-corrected chi connectivity index (χ4v) is 0. The Hall–Kier alpha value is -0.260. The minimum Gasteiger partial charge on any atom is -0.106 e. The van der Waals surface area contributed by atoms with Crippen LogP contribution in [0.15, 0.2) is 13.2 Å². The van der Waals surface area contributed by atoms with Gasteiger partial charge < -0.3 is 0 Å². The highest BCUT2D eigenvalue weighted by atomic mass is 13.4. The summed E-state index contributed by atoms with van der Waals surface area (Å²) in [6.07, 6.45) is 3.75. The highest BCUT2D eigenvalue weighted by molar-refractivity contribution is 4.22. The molecular weight excluding hydrogens is 180 g/mol. The van der Waals surface area contributed by atoms with Gasteiger partial charge >= 0.3 is 0 Å². The van der Waals surface area contributed by atoms with Gasteiger partial charge in [-0.1, -0.05) is 88.5 Å². The molecule has 0 atom stereocenters. The predicted molar refractivity (Wildman–Crippen MR) is 81.8 cm³/mol. The molecule has 0 heterocycles. The maximum atomic E-state index is 3.00. The molecule has 0 aliphatic carbocycles. The summed E-state index contributed by atoms with van der Waals surface area (Å²) in [7, 11) is 0. The fraction of sp³-hybridized carbons (Fsp3) is 0.867. The average molecular weight is 220 g/mol. The van der Waals surface area contributed by atoms with Crippen molar-refractivity contribution in [2.45, 2.75) is 88.5 Å². The molecular formula is C15H40. The molecule has 0 saturated heterocycles. The normalized spacial score (nSPS) is 4.67. The summed E-state index contributed by atoms with van der Waals surface area (Å²) in [5.74, 6) is 0. The van der Waals surface area contributed by atoms with Gasteiger partial charge in [-0.15, -0.1) is 13.2 Å². The van der Waals surface area contributed by atoms with Crippen molar-refractivity contribution in [1.82, 2.24) is 0 Å². The molecule has 0 radical (unpaired) electrons. The molecule has 0 aromatic carbocycles. The quantitative estimate of drug-likeness (QED) is 0.382. The molecule has 0 N–H and O–H groups in total. The van der Waals surface area contributed by atoms with Crippen molar-refractivity contribution in [1.29, 1.82) is 0 Å². The second-order valence-electron chi connectivity index (χ2n) is 2.12. The Bertz CT molecular complexity index is 11.2. The van der Waals surface area contributed by atoms with E-state index in [-0.39, 0.29) is 0 Å². The van der Waals surface area contributed by atoms with Gasteiger partial charge in [0.2, 0.25) is 0 Å². The lowest BCUT2D eigenvalue weighted by Crippen LogP contribution is -1.27. The van der Waals surface area contributed by atoms with Crippen molar-refractivity contribution in [2.24, 2.45) is 0 Å². The van der Waals surface area contributed by atoms with Crippen molar-refractivity contribution >= 4 is 0 Å². The first-order valence-corrected chi connectivity index (χ1v) is 6.74. The molecule has 100 valence electrons. The molecule has 0 unspecified atom stereocenters. The first kappa shape index (κ1) is 36.4. The summed E-state index contributed by atoms with van der Waals surface area (Å²) in [4.78, 5) is 0. The van der Waals surface area contributed by atoms with Crippen molar-refractivity contribution in [3.05, 3.63) is 13.2 Å². The van der Waals surface area contributed by atoms with Crippen LogP contribution in [0.3, 0.4) is 0 Å². The van der Waals surface area contributed by atoms with Crippen LogP contribution in [-0.4, -0.2) is 0 Å². The monoisotopic (exact) mass is 220 g/mol. The summed E-state index contributed by atoms with van der Waals surface area (Å²) in [5.41, 5.74) is 0. The third-order valence-electron chi connectivity index (χ3n) is 0. The van der Waals surface area contributed by atoms with Crippen LogP contribution in [0.1, 0.15) is 88.5 Å². The SMILES string of the molecule is C=C.CC.CC.CCC.CCC.CCC. The first-order chi connectivity index (χ1) is 7.24. The van der Waals surface area contributed by atoms with Crippen molar-refractivity contribution in [3.8, 4) is 0 Å². The van der Waals surface area contributed by atoms with Gasteiger partial charge in [-0.3, -0.25) is 0 Å². The van der Waals surface area contributed by atoms with Gasteiger partial charge in [0.05, 0.1) is 0 Å². The summed E-state index contributed by atoms with van der Waals surface area (Å²) in [5, 5.41) is 0. The van der Waals surface area contributed by atoms with Crippen LogP contribution in [0, 0.1) is 0 Å². The van der Waals surface area contributed by atoms with Crippen LogP contribution in [0.4, 0.5) is 0 Å². The Labute approximate surface area is 102 Å². The van der Waals surface area contributed by atoms with Crippen LogP contribution >= 0.6 is 0 Å². The van der Waals surface area contributed by atoms with Crippen LogP contribution in [0.5, 0.6) is 0 Å². The third kappa shape index (κ3) is 28000. The van der Waals surface area contributed by atoms with Crippen LogP contribution < -0.4 is 0 Å². The van der Waals surface area contributed by atoms with E-state index >= 15 is 0 Å². The fourth-order valence-electron chi connectivity index (χ4n) is 0. The molecule has 15 heavy (non-hydrogen) atoms. The molecule has 0 aliphatic rings. The maximum absolute atomic E-state index is 3.00. The molecule has 0 fully saturated rings. The van der Waals surface area contributed by atoms with Gasteiger partial charge in [0.1, 0.15) is 0 Å². The smallest absolute Gasteiger partial charge is 0.0590 e. The van der Waals surface area contributed by atoms with Gasteiger partial charge in [0.15, 0.2) is 0 Å². The minimum absolute atomic E-state index is 1.25. The van der Waals surface area contributed by atoms with E-state index in [1.807, 2.05) is 27.7 Å². The van der Waals surface area contributed by atoms with Crippen LogP contribution in [0.2, 0.25) is 0 Å². The number of rotatable bonds is 0. The van der Waals surface area contributed by atoms with E-state index in [4.69, 9.17) is 0 Å². The average Bonchev–Trinajstić information content (AvgIpc) is 2.29. The molecule has 0 aliphatic heterocycles. The Kier molecular flexibility index (Phi) is 721. The second-order valence-corrected chi connectivity index (χ2v) is 2.12. The summed E-state index contributed by atoms with van der Waals surface area (Å²) in [6, 6.07) is 0. The number of hydrogen-bond donors (Lipinski definition) is 0. The van der Waals surface area contributed by atoms with Gasteiger partial charge in [-0.2, -0.15) is 0 Å². The molecule has 0 heteroatoms. The van der Waals surface area contributed by atoms with E-state index in [9.17, 15) is 0 Å². The van der Waals surface area contributed by atoms with Gasteiger partial charge in [0.25, 0.3) is 0 Å². The standard InChI is InChI=1S/3C3H8.2C2H6.C2H4/c3*1-3-2;3*1-2/h3*3H2,1-2H3;2*1-2H3;1-2H2. The molecule has 0 nitrogen and oxygen atoms in total. The Morgan fingerprint density at radius 1 is 0.467 bits per heavy atom. The summed E-state index contributed by atoms with van der Waals surface area (Å²) in [6.45, 7) is 26.8. The molecule has 0 saturated carbocycles. The zero-order valence-corrected chi connectivity index (χ0v) is 13.5. The highest BCUT2D eigenvalue weighted by Gasteiger charge is 1.36. The van der Waals surface area contributed by atoms with E-state index in [0.717, 1.165) is 0 Å². The Morgan fingerprint density at radius 3 is 0.467 bits per heavy atom. The molecule has 0 spiro atoms. The first-order valence-electron chi connectivity index (χ1n) is 6.74. The Morgan fingerprint density at radius 2 is 0.467 bits per heavy atom. The largest absolute Gasteiger partial charge is 0.106 e. The molecule has 0 aromatic rings. The lowest BCUT2D eigenvalue weighted by Gasteiger charge is -1.48. The zero-order chi connectivity index (χ0) is 14.1. The van der Waals surface area contributed by atoms with Crippen LogP contribution in [0.25, 0.3) is 0 Å². The Balaban J connectivity index is -0.0000000164. The summed E-state index contributed by atoms with van der Waals surface area (Å²) < 4.78 is 0. The maximum Gasteiger partial charge on any atom is -0.0590 e. The third-order valence-corrected chi connectivity index (χ3v) is 0. The van der Waals surface area contributed by atoms with E-state index < -0.39 is 0 Å². The van der Waals surface area contributed by atoms with E-state index in [1.165, 1.54) is 19.3 Å². The molecule has 0 rings (SSSR count). The lowest BCUT2D eigenvalue weighted by atomic mass is 10.6. The van der Waals surface area contributed by atoms with E-state index in [0.29, 0.717) is 0 Å².